The highest BCUT2D eigenvalue weighted by atomic mass is 16.5. The average Bonchev–Trinajstić information content (AvgIpc) is 2.71. The largest absolute Gasteiger partial charge is 0.388 e. The van der Waals surface area contributed by atoms with Crippen LogP contribution in [-0.2, 0) is 11.3 Å². The Bertz CT molecular complexity index is 279. The molecular formula is C11H18N2O2. The molecular weight excluding hydrogens is 192 g/mol. The van der Waals surface area contributed by atoms with Crippen LogP contribution in [0.15, 0.2) is 18.3 Å². The van der Waals surface area contributed by atoms with Gasteiger partial charge in [-0.05, 0) is 12.1 Å². The van der Waals surface area contributed by atoms with Gasteiger partial charge in [-0.25, -0.2) is 0 Å². The minimum Gasteiger partial charge on any atom is -0.388 e. The molecule has 0 unspecified atom stereocenters. The lowest BCUT2D eigenvalue weighted by molar-refractivity contribution is -0.0617. The van der Waals surface area contributed by atoms with Gasteiger partial charge >= 0.3 is 0 Å². The number of nitrogens with one attached hydrogen (secondary N) is 2. The highest BCUT2D eigenvalue weighted by Gasteiger charge is 2.28. The second-order valence-corrected chi connectivity index (χ2v) is 4.14. The van der Waals surface area contributed by atoms with E-state index in [1.807, 2.05) is 18.3 Å². The highest BCUT2D eigenvalue weighted by molar-refractivity contribution is 5.03. The standard InChI is InChI=1S/C11H18N2O2/c14-11(3-6-15-7-4-11)9-12-8-10-2-1-5-13-10/h1-2,5,12-14H,3-4,6-9H2. The Morgan fingerprint density at radius 2 is 2.27 bits per heavy atom. The Morgan fingerprint density at radius 3 is 2.93 bits per heavy atom. The molecule has 15 heavy (non-hydrogen) atoms. The zero-order valence-corrected chi connectivity index (χ0v) is 8.83. The van der Waals surface area contributed by atoms with Crippen LogP contribution in [0.1, 0.15) is 18.5 Å². The van der Waals surface area contributed by atoms with Crippen molar-refractivity contribution < 1.29 is 9.84 Å². The molecule has 3 N–H and O–H groups in total. The van der Waals surface area contributed by atoms with Crippen LogP contribution in [0.4, 0.5) is 0 Å². The first-order valence-electron chi connectivity index (χ1n) is 5.42. The minimum atomic E-state index is -0.579. The summed E-state index contributed by atoms with van der Waals surface area (Å²) in [6, 6.07) is 4.00. The third kappa shape index (κ3) is 3.06. The molecule has 0 saturated carbocycles. The lowest BCUT2D eigenvalue weighted by Crippen LogP contribution is -2.44. The summed E-state index contributed by atoms with van der Waals surface area (Å²) in [4.78, 5) is 3.12. The van der Waals surface area contributed by atoms with Gasteiger partial charge in [0.25, 0.3) is 0 Å². The fraction of sp³-hybridized carbons (Fsp3) is 0.636. The summed E-state index contributed by atoms with van der Waals surface area (Å²) in [7, 11) is 0. The Balaban J connectivity index is 1.72. The monoisotopic (exact) mass is 210 g/mol. The van der Waals surface area contributed by atoms with Gasteiger partial charge in [0.05, 0.1) is 5.60 Å². The van der Waals surface area contributed by atoms with E-state index in [1.165, 1.54) is 0 Å². The molecule has 0 amide bonds. The van der Waals surface area contributed by atoms with E-state index >= 15 is 0 Å². The highest BCUT2D eigenvalue weighted by Crippen LogP contribution is 2.19. The van der Waals surface area contributed by atoms with Crippen molar-refractivity contribution in [3.63, 3.8) is 0 Å². The number of H-pyrrole nitrogens is 1. The van der Waals surface area contributed by atoms with E-state index in [-0.39, 0.29) is 0 Å². The molecule has 0 atom stereocenters. The molecule has 0 aromatic carbocycles. The summed E-state index contributed by atoms with van der Waals surface area (Å²) in [6.07, 6.45) is 3.36. The smallest absolute Gasteiger partial charge is 0.0815 e. The maximum Gasteiger partial charge on any atom is 0.0815 e. The first-order chi connectivity index (χ1) is 7.29. The van der Waals surface area contributed by atoms with Crippen LogP contribution >= 0.6 is 0 Å². The fourth-order valence-corrected chi connectivity index (χ4v) is 1.84. The summed E-state index contributed by atoms with van der Waals surface area (Å²) in [6.45, 7) is 2.74. The maximum atomic E-state index is 10.1. The topological polar surface area (TPSA) is 57.3 Å². The SMILES string of the molecule is OC1(CNCc2ccc[nH]2)CCOCC1. The van der Waals surface area contributed by atoms with E-state index in [1.54, 1.807) is 0 Å². The summed E-state index contributed by atoms with van der Waals surface area (Å²) in [5.74, 6) is 0. The van der Waals surface area contributed by atoms with Gasteiger partial charge in [-0.3, -0.25) is 0 Å². The van der Waals surface area contributed by atoms with Gasteiger partial charge in [0.2, 0.25) is 0 Å². The van der Waals surface area contributed by atoms with Gasteiger partial charge in [-0.2, -0.15) is 0 Å². The van der Waals surface area contributed by atoms with E-state index in [2.05, 4.69) is 10.3 Å². The number of aromatic nitrogens is 1. The Labute approximate surface area is 89.6 Å². The van der Waals surface area contributed by atoms with Crippen molar-refractivity contribution >= 4 is 0 Å². The second-order valence-electron chi connectivity index (χ2n) is 4.14. The van der Waals surface area contributed by atoms with Crippen LogP contribution in [0.3, 0.4) is 0 Å². The third-order valence-electron chi connectivity index (χ3n) is 2.86. The fourth-order valence-electron chi connectivity index (χ4n) is 1.84. The zero-order valence-electron chi connectivity index (χ0n) is 8.83. The van der Waals surface area contributed by atoms with Crippen LogP contribution in [-0.4, -0.2) is 35.5 Å². The normalized spacial score (nSPS) is 20.3. The van der Waals surface area contributed by atoms with Crippen LogP contribution in [0.5, 0.6) is 0 Å². The summed E-state index contributed by atoms with van der Waals surface area (Å²) in [5, 5.41) is 13.4. The first-order valence-corrected chi connectivity index (χ1v) is 5.42. The van der Waals surface area contributed by atoms with Crippen molar-refractivity contribution in [2.45, 2.75) is 25.0 Å². The summed E-state index contributed by atoms with van der Waals surface area (Å²) < 4.78 is 5.22. The van der Waals surface area contributed by atoms with E-state index < -0.39 is 5.60 Å². The Hall–Kier alpha value is -0.840. The summed E-state index contributed by atoms with van der Waals surface area (Å²) >= 11 is 0. The number of hydrogen-bond donors (Lipinski definition) is 3. The molecule has 1 aliphatic rings. The number of ether oxygens (including phenoxy) is 1. The molecule has 0 spiro atoms. The van der Waals surface area contributed by atoms with Crippen LogP contribution in [0.25, 0.3) is 0 Å². The van der Waals surface area contributed by atoms with E-state index in [0.717, 1.165) is 25.1 Å². The third-order valence-corrected chi connectivity index (χ3v) is 2.86. The molecule has 84 valence electrons. The van der Waals surface area contributed by atoms with Gasteiger partial charge in [-0.1, -0.05) is 0 Å². The van der Waals surface area contributed by atoms with Gasteiger partial charge in [-0.15, -0.1) is 0 Å². The number of aromatic amines is 1. The van der Waals surface area contributed by atoms with Crippen molar-refractivity contribution in [2.75, 3.05) is 19.8 Å². The molecule has 4 nitrogen and oxygen atoms in total. The predicted molar refractivity (Wildman–Crippen MR) is 57.5 cm³/mol. The molecule has 1 aromatic rings. The summed E-state index contributed by atoms with van der Waals surface area (Å²) in [5.41, 5.74) is 0.566. The lowest BCUT2D eigenvalue weighted by atomic mass is 9.94. The van der Waals surface area contributed by atoms with Gasteiger partial charge < -0.3 is 20.1 Å². The Kier molecular flexibility index (Phi) is 3.41. The molecule has 2 heterocycles. The van der Waals surface area contributed by atoms with E-state index in [0.29, 0.717) is 19.8 Å². The van der Waals surface area contributed by atoms with Crippen LogP contribution < -0.4 is 5.32 Å². The van der Waals surface area contributed by atoms with E-state index in [9.17, 15) is 5.11 Å². The molecule has 4 heteroatoms. The number of rotatable bonds is 4. The van der Waals surface area contributed by atoms with Crippen LogP contribution in [0.2, 0.25) is 0 Å². The van der Waals surface area contributed by atoms with Crippen molar-refractivity contribution in [2.24, 2.45) is 0 Å². The number of aliphatic hydroxyl groups is 1. The van der Waals surface area contributed by atoms with Crippen LogP contribution in [0, 0.1) is 0 Å². The number of hydrogen-bond acceptors (Lipinski definition) is 3. The predicted octanol–water partition coefficient (Wildman–Crippen LogP) is 0.646. The zero-order chi connectivity index (χ0) is 10.6. The van der Waals surface area contributed by atoms with Gasteiger partial charge in [0.15, 0.2) is 0 Å². The molecule has 0 bridgehead atoms. The molecule has 1 aliphatic heterocycles. The average molecular weight is 210 g/mol. The molecule has 1 saturated heterocycles. The maximum absolute atomic E-state index is 10.1. The van der Waals surface area contributed by atoms with Gasteiger partial charge in [0, 0.05) is 51.0 Å². The molecule has 1 fully saturated rings. The Morgan fingerprint density at radius 1 is 1.47 bits per heavy atom. The molecule has 0 aliphatic carbocycles. The van der Waals surface area contributed by atoms with E-state index in [4.69, 9.17) is 4.74 Å². The van der Waals surface area contributed by atoms with Crippen molar-refractivity contribution in [3.05, 3.63) is 24.0 Å². The molecule has 0 radical (unpaired) electrons. The quantitative estimate of drug-likeness (QED) is 0.683. The van der Waals surface area contributed by atoms with Crippen molar-refractivity contribution in [1.82, 2.24) is 10.3 Å². The first kappa shape index (κ1) is 10.7. The second kappa shape index (κ2) is 4.79. The van der Waals surface area contributed by atoms with Gasteiger partial charge in [0.1, 0.15) is 0 Å². The molecule has 1 aromatic heterocycles. The molecule has 2 rings (SSSR count). The van der Waals surface area contributed by atoms with Crippen molar-refractivity contribution in [3.8, 4) is 0 Å². The van der Waals surface area contributed by atoms with Crippen molar-refractivity contribution in [1.29, 1.82) is 0 Å². The minimum absolute atomic E-state index is 0.579. The lowest BCUT2D eigenvalue weighted by Gasteiger charge is -2.32.